The molecule has 0 spiro atoms. The van der Waals surface area contributed by atoms with E-state index in [2.05, 4.69) is 15.9 Å². The average molecular weight is 616 g/mol. The first-order valence-electron chi connectivity index (χ1n) is 11.5. The molecule has 3 aromatic rings. The summed E-state index contributed by atoms with van der Waals surface area (Å²) in [5, 5.41) is 15.4. The second kappa shape index (κ2) is 10.6. The molecule has 0 aromatic heterocycles. The standard InChI is InChI=1S/C27H21BrCl2N4O2S/c1-15-2-4-16(5-3-15)22-13-23(17-6-8-18(28)9-7-17)34(32-22)27(31)37-24-14-25(35)33(26(24)36)21-11-19(29)10-20(30)12-21/h2-12,23-24,31H,13-14H2,1H3/t23-,24+/m1/s1. The Kier molecular flexibility index (Phi) is 7.45. The van der Waals surface area contributed by atoms with E-state index in [9.17, 15) is 9.59 Å². The Labute approximate surface area is 237 Å². The first kappa shape index (κ1) is 26.0. The van der Waals surface area contributed by atoms with E-state index in [0.29, 0.717) is 22.2 Å². The summed E-state index contributed by atoms with van der Waals surface area (Å²) in [6.45, 7) is 2.03. The summed E-state index contributed by atoms with van der Waals surface area (Å²) in [6.07, 6.45) is 0.583. The Bertz CT molecular complexity index is 1410. The molecular formula is C27H21BrCl2N4O2S. The van der Waals surface area contributed by atoms with Gasteiger partial charge in [-0.3, -0.25) is 15.0 Å². The van der Waals surface area contributed by atoms with Gasteiger partial charge in [0.05, 0.1) is 17.4 Å². The molecule has 2 heterocycles. The van der Waals surface area contributed by atoms with Crippen LogP contribution in [0.15, 0.2) is 76.3 Å². The van der Waals surface area contributed by atoms with Crippen LogP contribution in [-0.2, 0) is 9.59 Å². The second-order valence-electron chi connectivity index (χ2n) is 8.84. The fraction of sp³-hybridized carbons (Fsp3) is 0.185. The maximum atomic E-state index is 13.2. The lowest BCUT2D eigenvalue weighted by Gasteiger charge is -2.24. The highest BCUT2D eigenvalue weighted by Gasteiger charge is 2.42. The van der Waals surface area contributed by atoms with Gasteiger partial charge in [-0.15, -0.1) is 0 Å². The van der Waals surface area contributed by atoms with Crippen molar-refractivity contribution < 1.29 is 9.59 Å². The van der Waals surface area contributed by atoms with Crippen molar-refractivity contribution in [2.75, 3.05) is 4.90 Å². The van der Waals surface area contributed by atoms with Crippen LogP contribution in [0.5, 0.6) is 0 Å². The van der Waals surface area contributed by atoms with E-state index >= 15 is 0 Å². The molecule has 37 heavy (non-hydrogen) atoms. The number of carbonyl (C=O) groups excluding carboxylic acids is 2. The number of halogens is 3. The van der Waals surface area contributed by atoms with Crippen LogP contribution in [0, 0.1) is 12.3 Å². The minimum Gasteiger partial charge on any atom is -0.277 e. The molecular weight excluding hydrogens is 595 g/mol. The topological polar surface area (TPSA) is 76.8 Å². The first-order chi connectivity index (χ1) is 17.7. The molecule has 1 saturated heterocycles. The first-order valence-corrected chi connectivity index (χ1v) is 13.9. The Morgan fingerprint density at radius 3 is 2.30 bits per heavy atom. The summed E-state index contributed by atoms with van der Waals surface area (Å²) in [7, 11) is 0. The quantitative estimate of drug-likeness (QED) is 0.191. The molecule has 0 unspecified atom stereocenters. The molecule has 188 valence electrons. The molecule has 2 aliphatic heterocycles. The lowest BCUT2D eigenvalue weighted by molar-refractivity contribution is -0.121. The third kappa shape index (κ3) is 5.48. The largest absolute Gasteiger partial charge is 0.277 e. The molecule has 0 aliphatic carbocycles. The highest BCUT2D eigenvalue weighted by molar-refractivity contribution is 9.10. The fourth-order valence-electron chi connectivity index (χ4n) is 4.39. The van der Waals surface area contributed by atoms with E-state index in [1.807, 2.05) is 55.5 Å². The van der Waals surface area contributed by atoms with Gasteiger partial charge in [-0.05, 0) is 48.4 Å². The van der Waals surface area contributed by atoms with Gasteiger partial charge in [-0.25, -0.2) is 9.91 Å². The molecule has 5 rings (SSSR count). The summed E-state index contributed by atoms with van der Waals surface area (Å²) < 4.78 is 0.959. The zero-order valence-corrected chi connectivity index (χ0v) is 23.5. The number of amidine groups is 1. The second-order valence-corrected chi connectivity index (χ2v) is 11.8. The number of anilines is 1. The van der Waals surface area contributed by atoms with Gasteiger partial charge in [0.2, 0.25) is 11.8 Å². The van der Waals surface area contributed by atoms with E-state index < -0.39 is 11.2 Å². The lowest BCUT2D eigenvalue weighted by atomic mass is 9.98. The number of nitrogens with one attached hydrogen (secondary N) is 1. The highest BCUT2D eigenvalue weighted by atomic mass is 79.9. The third-order valence-electron chi connectivity index (χ3n) is 6.22. The zero-order valence-electron chi connectivity index (χ0n) is 19.6. The van der Waals surface area contributed by atoms with Gasteiger partial charge in [0.25, 0.3) is 0 Å². The van der Waals surface area contributed by atoms with Gasteiger partial charge >= 0.3 is 0 Å². The van der Waals surface area contributed by atoms with Crippen molar-refractivity contribution in [3.05, 3.63) is 97.9 Å². The number of hydrazone groups is 1. The number of benzene rings is 3. The van der Waals surface area contributed by atoms with E-state index in [4.69, 9.17) is 33.7 Å². The summed E-state index contributed by atoms with van der Waals surface area (Å²) in [6, 6.07) is 20.4. The van der Waals surface area contributed by atoms with Crippen molar-refractivity contribution in [2.24, 2.45) is 5.10 Å². The van der Waals surface area contributed by atoms with Gasteiger partial charge in [0.15, 0.2) is 5.17 Å². The van der Waals surface area contributed by atoms with Gasteiger partial charge in [-0.2, -0.15) is 5.10 Å². The van der Waals surface area contributed by atoms with E-state index in [1.54, 1.807) is 11.1 Å². The number of hydrogen-bond acceptors (Lipinski definition) is 5. The summed E-state index contributed by atoms with van der Waals surface area (Å²) in [5.74, 6) is -0.761. The van der Waals surface area contributed by atoms with Crippen molar-refractivity contribution in [1.29, 1.82) is 5.41 Å². The summed E-state index contributed by atoms with van der Waals surface area (Å²) >= 11 is 16.7. The maximum Gasteiger partial charge on any atom is 0.247 e. The maximum absolute atomic E-state index is 13.2. The monoisotopic (exact) mass is 614 g/mol. The molecule has 10 heteroatoms. The molecule has 2 atom stereocenters. The zero-order chi connectivity index (χ0) is 26.3. The van der Waals surface area contributed by atoms with Gasteiger partial charge in [0.1, 0.15) is 5.25 Å². The number of nitrogens with zero attached hydrogens (tertiary/aromatic N) is 3. The molecule has 1 fully saturated rings. The van der Waals surface area contributed by atoms with Crippen LogP contribution in [0.2, 0.25) is 10.0 Å². The van der Waals surface area contributed by atoms with Crippen LogP contribution in [0.25, 0.3) is 0 Å². The number of thioether (sulfide) groups is 1. The number of hydrogen-bond donors (Lipinski definition) is 1. The third-order valence-corrected chi connectivity index (χ3v) is 8.25. The number of amides is 2. The fourth-order valence-corrected chi connectivity index (χ4v) is 6.14. The number of carbonyl (C=O) groups is 2. The Balaban J connectivity index is 1.40. The smallest absolute Gasteiger partial charge is 0.247 e. The molecule has 6 nitrogen and oxygen atoms in total. The molecule has 2 amide bonds. The van der Waals surface area contributed by atoms with Gasteiger partial charge in [-0.1, -0.05) is 92.9 Å². The van der Waals surface area contributed by atoms with Crippen LogP contribution in [-0.4, -0.2) is 33.0 Å². The van der Waals surface area contributed by atoms with Crippen molar-refractivity contribution in [3.63, 3.8) is 0 Å². The molecule has 3 aromatic carbocycles. The number of aryl methyl sites for hydroxylation is 1. The van der Waals surface area contributed by atoms with E-state index in [1.165, 1.54) is 12.1 Å². The van der Waals surface area contributed by atoms with Crippen LogP contribution < -0.4 is 4.90 Å². The Morgan fingerprint density at radius 1 is 1.00 bits per heavy atom. The Hall–Kier alpha value is -2.65. The van der Waals surface area contributed by atoms with Gasteiger partial charge in [0, 0.05) is 27.4 Å². The SMILES string of the molecule is Cc1ccc(C2=NN(C(=N)S[C@H]3CC(=O)N(c4cc(Cl)cc(Cl)c4)C3=O)[C@@H](c3ccc(Br)cc3)C2)cc1. The average Bonchev–Trinajstić information content (AvgIpc) is 3.40. The molecule has 2 aliphatic rings. The normalized spacial score (nSPS) is 19.5. The van der Waals surface area contributed by atoms with E-state index in [0.717, 1.165) is 43.5 Å². The minimum absolute atomic E-state index is 0.0265. The summed E-state index contributed by atoms with van der Waals surface area (Å²) in [5.41, 5.74) is 4.34. The van der Waals surface area contributed by atoms with Crippen LogP contribution in [0.1, 0.15) is 35.6 Å². The van der Waals surface area contributed by atoms with Crippen LogP contribution in [0.4, 0.5) is 5.69 Å². The van der Waals surface area contributed by atoms with Crippen LogP contribution >= 0.6 is 50.9 Å². The molecule has 0 bridgehead atoms. The molecule has 0 radical (unpaired) electrons. The summed E-state index contributed by atoms with van der Waals surface area (Å²) in [4.78, 5) is 27.1. The van der Waals surface area contributed by atoms with Gasteiger partial charge < -0.3 is 0 Å². The van der Waals surface area contributed by atoms with Crippen molar-refractivity contribution >= 4 is 79.3 Å². The minimum atomic E-state index is -0.748. The van der Waals surface area contributed by atoms with Crippen molar-refractivity contribution in [2.45, 2.75) is 31.1 Å². The predicted octanol–water partition coefficient (Wildman–Crippen LogP) is 7.22. The number of rotatable bonds is 4. The molecule has 0 saturated carbocycles. The number of imide groups is 1. The van der Waals surface area contributed by atoms with Crippen molar-refractivity contribution in [1.82, 2.24) is 5.01 Å². The van der Waals surface area contributed by atoms with Crippen LogP contribution in [0.3, 0.4) is 0 Å². The lowest BCUT2D eigenvalue weighted by Crippen LogP contribution is -2.32. The Morgan fingerprint density at radius 2 is 1.65 bits per heavy atom. The predicted molar refractivity (Wildman–Crippen MR) is 154 cm³/mol. The highest BCUT2D eigenvalue weighted by Crippen LogP contribution is 2.38. The molecule has 1 N–H and O–H groups in total. The van der Waals surface area contributed by atoms with E-state index in [-0.39, 0.29) is 23.5 Å². The van der Waals surface area contributed by atoms with Crippen molar-refractivity contribution in [3.8, 4) is 0 Å².